The summed E-state index contributed by atoms with van der Waals surface area (Å²) in [6, 6.07) is 3.90. The number of halogens is 1. The van der Waals surface area contributed by atoms with E-state index in [9.17, 15) is 4.79 Å². The topological polar surface area (TPSA) is 62.2 Å². The molecule has 0 bridgehead atoms. The van der Waals surface area contributed by atoms with Gasteiger partial charge in [-0.2, -0.15) is 0 Å². The monoisotopic (exact) mass is 286 g/mol. The lowest BCUT2D eigenvalue weighted by Gasteiger charge is -1.96. The standard InChI is InChI=1S/C9H7BrN2O2S/c1-4-2-3-5-7(6(4)10)11-8(15-5)12-9(13)14/h2-3H,1H3,(H,11,12)(H,13,14). The Bertz CT molecular complexity index is 538. The van der Waals surface area contributed by atoms with Gasteiger partial charge < -0.3 is 5.11 Å². The molecule has 6 heteroatoms. The van der Waals surface area contributed by atoms with Gasteiger partial charge in [0.2, 0.25) is 0 Å². The fourth-order valence-electron chi connectivity index (χ4n) is 1.21. The summed E-state index contributed by atoms with van der Waals surface area (Å²) in [7, 11) is 0. The van der Waals surface area contributed by atoms with Crippen molar-refractivity contribution in [3.8, 4) is 0 Å². The van der Waals surface area contributed by atoms with Crippen LogP contribution in [0.3, 0.4) is 0 Å². The van der Waals surface area contributed by atoms with Gasteiger partial charge in [-0.1, -0.05) is 17.4 Å². The highest BCUT2D eigenvalue weighted by Gasteiger charge is 2.09. The molecule has 78 valence electrons. The number of nitrogens with one attached hydrogen (secondary N) is 1. The highest BCUT2D eigenvalue weighted by atomic mass is 79.9. The first-order valence-corrected chi connectivity index (χ1v) is 5.74. The van der Waals surface area contributed by atoms with E-state index in [4.69, 9.17) is 5.11 Å². The second-order valence-electron chi connectivity index (χ2n) is 2.99. The van der Waals surface area contributed by atoms with Gasteiger partial charge >= 0.3 is 6.09 Å². The maximum absolute atomic E-state index is 10.4. The van der Waals surface area contributed by atoms with Crippen molar-refractivity contribution in [3.63, 3.8) is 0 Å². The molecule has 15 heavy (non-hydrogen) atoms. The molecule has 4 nitrogen and oxygen atoms in total. The number of aryl methyl sites for hydroxylation is 1. The molecule has 0 aliphatic carbocycles. The average molecular weight is 287 g/mol. The maximum Gasteiger partial charge on any atom is 0.410 e. The number of anilines is 1. The Labute approximate surface area is 98.1 Å². The van der Waals surface area contributed by atoms with Gasteiger partial charge in [-0.15, -0.1) is 0 Å². The third kappa shape index (κ3) is 1.95. The van der Waals surface area contributed by atoms with Crippen LogP contribution in [-0.2, 0) is 0 Å². The molecule has 0 fully saturated rings. The third-order valence-electron chi connectivity index (χ3n) is 1.91. The van der Waals surface area contributed by atoms with Gasteiger partial charge in [0.15, 0.2) is 5.13 Å². The van der Waals surface area contributed by atoms with Crippen LogP contribution >= 0.6 is 27.3 Å². The summed E-state index contributed by atoms with van der Waals surface area (Å²) in [6.45, 7) is 1.97. The second kappa shape index (κ2) is 3.79. The molecule has 0 aliphatic heterocycles. The van der Waals surface area contributed by atoms with E-state index in [1.54, 1.807) is 0 Å². The second-order valence-corrected chi connectivity index (χ2v) is 4.82. The first-order chi connectivity index (χ1) is 7.08. The summed E-state index contributed by atoms with van der Waals surface area (Å²) in [5.41, 5.74) is 1.87. The van der Waals surface area contributed by atoms with E-state index < -0.39 is 6.09 Å². The lowest BCUT2D eigenvalue weighted by atomic mass is 10.2. The Balaban J connectivity index is 2.56. The number of amides is 1. The highest BCUT2D eigenvalue weighted by Crippen LogP contribution is 2.32. The zero-order chi connectivity index (χ0) is 11.0. The van der Waals surface area contributed by atoms with Crippen LogP contribution in [0.25, 0.3) is 10.2 Å². The molecule has 0 spiro atoms. The van der Waals surface area contributed by atoms with Crippen molar-refractivity contribution < 1.29 is 9.90 Å². The number of thiazole rings is 1. The quantitative estimate of drug-likeness (QED) is 0.844. The Morgan fingerprint density at radius 3 is 3.00 bits per heavy atom. The lowest BCUT2D eigenvalue weighted by Crippen LogP contribution is -2.06. The maximum atomic E-state index is 10.4. The zero-order valence-corrected chi connectivity index (χ0v) is 10.1. The van der Waals surface area contributed by atoms with Crippen molar-refractivity contribution in [2.45, 2.75) is 6.92 Å². The van der Waals surface area contributed by atoms with Crippen molar-refractivity contribution in [3.05, 3.63) is 22.2 Å². The van der Waals surface area contributed by atoms with E-state index in [1.165, 1.54) is 11.3 Å². The molecule has 2 rings (SSSR count). The summed E-state index contributed by atoms with van der Waals surface area (Å²) in [5, 5.41) is 11.2. The lowest BCUT2D eigenvalue weighted by molar-refractivity contribution is 0.210. The van der Waals surface area contributed by atoms with E-state index in [2.05, 4.69) is 26.2 Å². The molecule has 0 radical (unpaired) electrons. The Kier molecular flexibility index (Phi) is 2.62. The fraction of sp³-hybridized carbons (Fsp3) is 0.111. The van der Waals surface area contributed by atoms with Crippen molar-refractivity contribution in [2.75, 3.05) is 5.32 Å². The van der Waals surface area contributed by atoms with Crippen molar-refractivity contribution in [2.24, 2.45) is 0 Å². The predicted octanol–water partition coefficient (Wildman–Crippen LogP) is 3.46. The van der Waals surface area contributed by atoms with Gasteiger partial charge in [-0.05, 0) is 34.5 Å². The highest BCUT2D eigenvalue weighted by molar-refractivity contribution is 9.10. The normalized spacial score (nSPS) is 10.5. The van der Waals surface area contributed by atoms with Crippen LogP contribution in [0.2, 0.25) is 0 Å². The van der Waals surface area contributed by atoms with Gasteiger partial charge in [-0.25, -0.2) is 9.78 Å². The Morgan fingerprint density at radius 2 is 2.33 bits per heavy atom. The SMILES string of the molecule is Cc1ccc2sc(NC(=O)O)nc2c1Br. The number of hydrogen-bond acceptors (Lipinski definition) is 3. The molecular weight excluding hydrogens is 280 g/mol. The minimum absolute atomic E-state index is 0.392. The van der Waals surface area contributed by atoms with Crippen LogP contribution in [-0.4, -0.2) is 16.2 Å². The van der Waals surface area contributed by atoms with E-state index >= 15 is 0 Å². The van der Waals surface area contributed by atoms with Gasteiger partial charge in [0.25, 0.3) is 0 Å². The number of nitrogens with zero attached hydrogens (tertiary/aromatic N) is 1. The fourth-order valence-corrected chi connectivity index (χ4v) is 2.64. The number of rotatable bonds is 1. The smallest absolute Gasteiger partial charge is 0.410 e. The molecule has 0 saturated heterocycles. The number of carbonyl (C=O) groups is 1. The third-order valence-corrected chi connectivity index (χ3v) is 3.84. The molecule has 0 unspecified atom stereocenters. The molecule has 1 aromatic carbocycles. The number of fused-ring (bicyclic) bond motifs is 1. The molecule has 2 aromatic rings. The van der Waals surface area contributed by atoms with Crippen LogP contribution in [0.15, 0.2) is 16.6 Å². The van der Waals surface area contributed by atoms with Gasteiger partial charge in [0.1, 0.15) is 0 Å². The zero-order valence-electron chi connectivity index (χ0n) is 7.74. The molecule has 1 aromatic heterocycles. The van der Waals surface area contributed by atoms with Crippen molar-refractivity contribution in [1.82, 2.24) is 4.98 Å². The van der Waals surface area contributed by atoms with Crippen LogP contribution in [0.1, 0.15) is 5.56 Å². The summed E-state index contributed by atoms with van der Waals surface area (Å²) in [5.74, 6) is 0. The number of benzene rings is 1. The summed E-state index contributed by atoms with van der Waals surface area (Å²) in [6.07, 6.45) is -1.10. The van der Waals surface area contributed by atoms with E-state index in [0.29, 0.717) is 5.13 Å². The summed E-state index contributed by atoms with van der Waals surface area (Å²) >= 11 is 4.74. The Morgan fingerprint density at radius 1 is 1.60 bits per heavy atom. The van der Waals surface area contributed by atoms with Gasteiger partial charge in [-0.3, -0.25) is 5.32 Å². The number of carboxylic acid groups (broad SMARTS) is 1. The number of hydrogen-bond donors (Lipinski definition) is 2. The van der Waals surface area contributed by atoms with Crippen LogP contribution in [0, 0.1) is 6.92 Å². The predicted molar refractivity (Wildman–Crippen MR) is 63.7 cm³/mol. The molecular formula is C9H7BrN2O2S. The van der Waals surface area contributed by atoms with E-state index in [-0.39, 0.29) is 0 Å². The molecule has 0 aliphatic rings. The number of aromatic nitrogens is 1. The molecule has 0 saturated carbocycles. The minimum atomic E-state index is -1.10. The largest absolute Gasteiger partial charge is 0.465 e. The summed E-state index contributed by atoms with van der Waals surface area (Å²) < 4.78 is 1.87. The first kappa shape index (κ1) is 10.4. The van der Waals surface area contributed by atoms with E-state index in [0.717, 1.165) is 20.3 Å². The molecule has 2 N–H and O–H groups in total. The van der Waals surface area contributed by atoms with Crippen LogP contribution in [0.4, 0.5) is 9.93 Å². The van der Waals surface area contributed by atoms with Crippen molar-refractivity contribution >= 4 is 48.7 Å². The average Bonchev–Trinajstić information content (AvgIpc) is 2.54. The Hall–Kier alpha value is -1.14. The van der Waals surface area contributed by atoms with E-state index in [1.807, 2.05) is 19.1 Å². The van der Waals surface area contributed by atoms with Crippen molar-refractivity contribution in [1.29, 1.82) is 0 Å². The van der Waals surface area contributed by atoms with Gasteiger partial charge in [0, 0.05) is 4.47 Å². The van der Waals surface area contributed by atoms with Crippen LogP contribution in [0.5, 0.6) is 0 Å². The summed E-state index contributed by atoms with van der Waals surface area (Å²) in [4.78, 5) is 14.6. The van der Waals surface area contributed by atoms with Gasteiger partial charge in [0.05, 0.1) is 10.2 Å². The van der Waals surface area contributed by atoms with Crippen LogP contribution < -0.4 is 5.32 Å². The molecule has 1 heterocycles. The minimum Gasteiger partial charge on any atom is -0.465 e. The first-order valence-electron chi connectivity index (χ1n) is 4.13. The molecule has 1 amide bonds. The molecule has 0 atom stereocenters.